The molecule has 1 aliphatic carbocycles. The first-order valence-electron chi connectivity index (χ1n) is 8.70. The molecule has 6 heteroatoms. The molecule has 0 amide bonds. The van der Waals surface area contributed by atoms with Crippen molar-refractivity contribution in [2.45, 2.75) is 31.8 Å². The van der Waals surface area contributed by atoms with Crippen LogP contribution in [0.5, 0.6) is 0 Å². The van der Waals surface area contributed by atoms with Gasteiger partial charge in [0, 0.05) is 25.1 Å². The summed E-state index contributed by atoms with van der Waals surface area (Å²) in [5.41, 5.74) is -0.408. The highest BCUT2D eigenvalue weighted by atomic mass is 19.1. The van der Waals surface area contributed by atoms with Crippen LogP contribution in [0.3, 0.4) is 0 Å². The zero-order valence-corrected chi connectivity index (χ0v) is 15.0. The lowest BCUT2D eigenvalue weighted by Gasteiger charge is -2.38. The molecule has 3 rings (SSSR count). The van der Waals surface area contributed by atoms with E-state index in [4.69, 9.17) is 9.47 Å². The summed E-state index contributed by atoms with van der Waals surface area (Å²) in [6.45, 7) is 5.67. The molecule has 1 N–H and O–H groups in total. The molecule has 0 saturated carbocycles. The normalized spacial score (nSPS) is 25.9. The van der Waals surface area contributed by atoms with Crippen molar-refractivity contribution in [3.05, 3.63) is 53.8 Å². The molecular weight excluding hydrogens is 340 g/mol. The number of ketones is 1. The molecular formula is C20H23F2NO3. The van der Waals surface area contributed by atoms with Crippen molar-refractivity contribution in [2.24, 2.45) is 11.8 Å². The first-order chi connectivity index (χ1) is 12.4. The lowest BCUT2D eigenvalue weighted by atomic mass is 9.71. The highest BCUT2D eigenvalue weighted by molar-refractivity contribution is 5.93. The second kappa shape index (κ2) is 7.19. The summed E-state index contributed by atoms with van der Waals surface area (Å²) in [6, 6.07) is 2.37. The zero-order valence-electron chi connectivity index (χ0n) is 15.0. The number of rotatable bonds is 6. The topological polar surface area (TPSA) is 47.6 Å². The van der Waals surface area contributed by atoms with Gasteiger partial charge >= 0.3 is 0 Å². The zero-order chi connectivity index (χ0) is 18.9. The standard InChI is InChI=1S/C20H23F2NO3/c1-4-5-13-10-20(19(9-18(13)24)25-11-26-20)12(2)6-14-7-16(22)17(23-3)8-15(14)21/h4,7-9,12-13,23H,1,5-6,10-11H2,2-3H3/t12?,13-,20+/m1/s1. The maximum absolute atomic E-state index is 14.4. The third-order valence-electron chi connectivity index (χ3n) is 5.35. The van der Waals surface area contributed by atoms with Crippen molar-refractivity contribution in [3.8, 4) is 0 Å². The number of anilines is 1. The largest absolute Gasteiger partial charge is 0.469 e. The van der Waals surface area contributed by atoms with E-state index in [1.54, 1.807) is 13.1 Å². The lowest BCUT2D eigenvalue weighted by molar-refractivity contribution is -0.123. The molecule has 0 bridgehead atoms. The molecule has 2 aliphatic rings. The average Bonchev–Trinajstić information content (AvgIpc) is 3.02. The van der Waals surface area contributed by atoms with E-state index in [-0.39, 0.29) is 42.1 Å². The van der Waals surface area contributed by atoms with Crippen LogP contribution in [-0.4, -0.2) is 25.2 Å². The van der Waals surface area contributed by atoms with Crippen LogP contribution in [0.4, 0.5) is 14.5 Å². The maximum atomic E-state index is 14.4. The SMILES string of the molecule is C=CC[C@@H]1C[C@@]2(C(C)Cc3cc(F)c(NC)cc3F)OCOC2=CC1=O. The predicted octanol–water partition coefficient (Wildman–Crippen LogP) is 3.98. The van der Waals surface area contributed by atoms with Crippen LogP contribution in [0.25, 0.3) is 0 Å². The van der Waals surface area contributed by atoms with Gasteiger partial charge in [-0.15, -0.1) is 6.58 Å². The van der Waals surface area contributed by atoms with Crippen LogP contribution in [0, 0.1) is 23.5 Å². The van der Waals surface area contributed by atoms with Gasteiger partial charge in [0.1, 0.15) is 23.0 Å². The fourth-order valence-electron chi connectivity index (χ4n) is 3.85. The highest BCUT2D eigenvalue weighted by Gasteiger charge is 2.51. The molecule has 1 aliphatic heterocycles. The van der Waals surface area contributed by atoms with E-state index in [2.05, 4.69) is 11.9 Å². The van der Waals surface area contributed by atoms with Crippen LogP contribution in [0.2, 0.25) is 0 Å². The molecule has 1 unspecified atom stereocenters. The Balaban J connectivity index is 1.89. The van der Waals surface area contributed by atoms with Crippen molar-refractivity contribution in [1.82, 2.24) is 0 Å². The Labute approximate surface area is 151 Å². The number of nitrogens with one attached hydrogen (secondary N) is 1. The summed E-state index contributed by atoms with van der Waals surface area (Å²) < 4.78 is 39.9. The third-order valence-corrected chi connectivity index (χ3v) is 5.35. The predicted molar refractivity (Wildman–Crippen MR) is 94.6 cm³/mol. The monoisotopic (exact) mass is 363 g/mol. The molecule has 1 aromatic carbocycles. The second-order valence-electron chi connectivity index (χ2n) is 6.91. The maximum Gasteiger partial charge on any atom is 0.189 e. The first-order valence-corrected chi connectivity index (χ1v) is 8.70. The molecule has 0 radical (unpaired) electrons. The fraction of sp³-hybridized carbons (Fsp3) is 0.450. The number of carbonyl (C=O) groups excluding carboxylic acids is 1. The smallest absolute Gasteiger partial charge is 0.189 e. The lowest BCUT2D eigenvalue weighted by Crippen LogP contribution is -2.45. The van der Waals surface area contributed by atoms with E-state index in [0.717, 1.165) is 6.07 Å². The first kappa shape index (κ1) is 18.6. The Morgan fingerprint density at radius 1 is 1.42 bits per heavy atom. The van der Waals surface area contributed by atoms with Crippen molar-refractivity contribution >= 4 is 11.5 Å². The average molecular weight is 363 g/mol. The number of ether oxygens (including phenoxy) is 2. The van der Waals surface area contributed by atoms with Gasteiger partial charge in [-0.3, -0.25) is 4.79 Å². The number of benzene rings is 1. The van der Waals surface area contributed by atoms with Gasteiger partial charge in [0.25, 0.3) is 0 Å². The summed E-state index contributed by atoms with van der Waals surface area (Å²) in [4.78, 5) is 12.2. The van der Waals surface area contributed by atoms with Crippen molar-refractivity contribution in [1.29, 1.82) is 0 Å². The van der Waals surface area contributed by atoms with E-state index in [9.17, 15) is 13.6 Å². The number of fused-ring (bicyclic) bond motifs is 1. The van der Waals surface area contributed by atoms with E-state index in [1.807, 2.05) is 6.92 Å². The van der Waals surface area contributed by atoms with Gasteiger partial charge < -0.3 is 14.8 Å². The molecule has 1 aromatic rings. The Morgan fingerprint density at radius 2 is 2.19 bits per heavy atom. The van der Waals surface area contributed by atoms with E-state index >= 15 is 0 Å². The van der Waals surface area contributed by atoms with Gasteiger partial charge in [0.05, 0.1) is 5.69 Å². The van der Waals surface area contributed by atoms with Crippen LogP contribution in [0.1, 0.15) is 25.3 Å². The number of hydrogen-bond donors (Lipinski definition) is 1. The number of carbonyl (C=O) groups is 1. The Bertz CT molecular complexity index is 762. The molecule has 4 nitrogen and oxygen atoms in total. The van der Waals surface area contributed by atoms with E-state index in [0.29, 0.717) is 18.6 Å². The van der Waals surface area contributed by atoms with Crippen molar-refractivity contribution in [3.63, 3.8) is 0 Å². The molecule has 0 spiro atoms. The molecule has 3 atom stereocenters. The Kier molecular flexibility index (Phi) is 5.14. The molecule has 26 heavy (non-hydrogen) atoms. The Hall–Kier alpha value is -2.21. The van der Waals surface area contributed by atoms with E-state index < -0.39 is 17.2 Å². The minimum Gasteiger partial charge on any atom is -0.469 e. The van der Waals surface area contributed by atoms with Crippen LogP contribution in [0.15, 0.2) is 36.6 Å². The van der Waals surface area contributed by atoms with Gasteiger partial charge in [0.15, 0.2) is 12.6 Å². The third kappa shape index (κ3) is 3.14. The minimum absolute atomic E-state index is 0.0103. The van der Waals surface area contributed by atoms with Gasteiger partial charge in [-0.25, -0.2) is 8.78 Å². The highest BCUT2D eigenvalue weighted by Crippen LogP contribution is 2.46. The Morgan fingerprint density at radius 3 is 2.88 bits per heavy atom. The molecule has 1 saturated heterocycles. The summed E-state index contributed by atoms with van der Waals surface area (Å²) in [5.74, 6) is -0.944. The van der Waals surface area contributed by atoms with E-state index in [1.165, 1.54) is 12.1 Å². The van der Waals surface area contributed by atoms with Crippen LogP contribution >= 0.6 is 0 Å². The van der Waals surface area contributed by atoms with Crippen molar-refractivity contribution < 1.29 is 23.0 Å². The number of halogens is 2. The molecule has 140 valence electrons. The van der Waals surface area contributed by atoms with Crippen LogP contribution < -0.4 is 5.32 Å². The summed E-state index contributed by atoms with van der Waals surface area (Å²) in [7, 11) is 1.54. The van der Waals surface area contributed by atoms with Crippen LogP contribution in [-0.2, 0) is 20.7 Å². The summed E-state index contributed by atoms with van der Waals surface area (Å²) >= 11 is 0. The summed E-state index contributed by atoms with van der Waals surface area (Å²) in [5, 5.41) is 2.62. The quantitative estimate of drug-likeness (QED) is 0.777. The number of allylic oxidation sites excluding steroid dienone is 2. The number of hydrogen-bond acceptors (Lipinski definition) is 4. The van der Waals surface area contributed by atoms with Gasteiger partial charge in [-0.1, -0.05) is 13.0 Å². The summed E-state index contributed by atoms with van der Waals surface area (Å²) in [6.07, 6.45) is 4.45. The van der Waals surface area contributed by atoms with Gasteiger partial charge in [-0.2, -0.15) is 0 Å². The second-order valence-corrected chi connectivity index (χ2v) is 6.91. The molecule has 1 fully saturated rings. The van der Waals surface area contributed by atoms with Gasteiger partial charge in [-0.05, 0) is 36.8 Å². The van der Waals surface area contributed by atoms with Crippen molar-refractivity contribution in [2.75, 3.05) is 19.2 Å². The van der Waals surface area contributed by atoms with Gasteiger partial charge in [0.2, 0.25) is 0 Å². The fourth-order valence-corrected chi connectivity index (χ4v) is 3.85. The molecule has 0 aromatic heterocycles. The molecule has 1 heterocycles. The minimum atomic E-state index is -0.799.